The summed E-state index contributed by atoms with van der Waals surface area (Å²) >= 11 is 1.84. The van der Waals surface area contributed by atoms with E-state index in [1.807, 2.05) is 11.3 Å². The van der Waals surface area contributed by atoms with Crippen molar-refractivity contribution in [3.05, 3.63) is 206 Å². The summed E-state index contributed by atoms with van der Waals surface area (Å²) < 4.78 is 11.8. The van der Waals surface area contributed by atoms with Gasteiger partial charge in [-0.1, -0.05) is 115 Å². The van der Waals surface area contributed by atoms with Crippen LogP contribution in [0.25, 0.3) is 121 Å². The van der Waals surface area contributed by atoms with Gasteiger partial charge in [0.15, 0.2) is 0 Å². The van der Waals surface area contributed by atoms with Crippen LogP contribution in [0.1, 0.15) is 0 Å². The number of thiophene rings is 1. The van der Waals surface area contributed by atoms with Gasteiger partial charge in [0.2, 0.25) is 11.6 Å². The van der Waals surface area contributed by atoms with E-state index in [-0.39, 0.29) is 0 Å². The highest BCUT2D eigenvalue weighted by Gasteiger charge is 2.21. The number of hydrogen-bond acceptors (Lipinski definition) is 3. The molecule has 0 radical (unpaired) electrons. The van der Waals surface area contributed by atoms with E-state index in [0.717, 1.165) is 78.2 Å². The van der Waals surface area contributed by atoms with Crippen LogP contribution in [-0.2, 0) is 0 Å². The minimum Gasteiger partial charge on any atom is -0.278 e. The van der Waals surface area contributed by atoms with Gasteiger partial charge in [-0.05, 0) is 124 Å². The van der Waals surface area contributed by atoms with Gasteiger partial charge in [-0.2, -0.15) is 0 Å². The first-order chi connectivity index (χ1) is 31.2. The van der Waals surface area contributed by atoms with Gasteiger partial charge in [0, 0.05) is 31.5 Å². The molecular weight excluding hydrogens is 789 g/mol. The van der Waals surface area contributed by atoms with Gasteiger partial charge in [0.05, 0.1) is 44.1 Å². The summed E-state index contributed by atoms with van der Waals surface area (Å²) in [4.78, 5) is 10.5. The van der Waals surface area contributed by atoms with E-state index in [2.05, 4.69) is 224 Å². The van der Waals surface area contributed by atoms with Crippen molar-refractivity contribution >= 4 is 87.2 Å². The Balaban J connectivity index is 0.928. The largest absolute Gasteiger partial charge is 0.278 e. The lowest BCUT2D eigenvalue weighted by molar-refractivity contribution is 1.11. The van der Waals surface area contributed by atoms with Crippen LogP contribution in [0.15, 0.2) is 206 Å². The fraction of sp³-hybridized carbons (Fsp3) is 0. The second-order valence-corrected chi connectivity index (χ2v) is 17.4. The topological polar surface area (TPSA) is 44.5 Å². The van der Waals surface area contributed by atoms with Crippen molar-refractivity contribution in [3.63, 3.8) is 0 Å². The molecule has 0 saturated heterocycles. The number of para-hydroxylation sites is 4. The summed E-state index contributed by atoms with van der Waals surface area (Å²) in [5.74, 6) is 1.79. The Morgan fingerprint density at radius 3 is 1.46 bits per heavy atom. The molecule has 0 aliphatic heterocycles. The maximum atomic E-state index is 5.25. The second kappa shape index (κ2) is 13.1. The van der Waals surface area contributed by atoms with Gasteiger partial charge >= 0.3 is 0 Å². The van der Waals surface area contributed by atoms with Crippen LogP contribution in [0.5, 0.6) is 0 Å². The van der Waals surface area contributed by atoms with E-state index in [0.29, 0.717) is 0 Å². The maximum Gasteiger partial charge on any atom is 0.220 e. The van der Waals surface area contributed by atoms with Gasteiger partial charge < -0.3 is 0 Å². The summed E-state index contributed by atoms with van der Waals surface area (Å²) in [6.45, 7) is 0. The molecule has 6 nitrogen and oxygen atoms in total. The van der Waals surface area contributed by atoms with Crippen LogP contribution in [-0.4, -0.2) is 27.9 Å². The molecule has 14 aromatic rings. The average Bonchev–Trinajstić information content (AvgIpc) is 4.15. The zero-order valence-electron chi connectivity index (χ0n) is 33.7. The van der Waals surface area contributed by atoms with Crippen molar-refractivity contribution in [3.8, 4) is 44.8 Å². The number of fused-ring (bicyclic) bond motifs is 13. The molecule has 0 aliphatic carbocycles. The van der Waals surface area contributed by atoms with E-state index in [9.17, 15) is 0 Å². The summed E-state index contributed by atoms with van der Waals surface area (Å²) in [5.41, 5.74) is 17.7. The Morgan fingerprint density at radius 2 is 0.794 bits per heavy atom. The van der Waals surface area contributed by atoms with Gasteiger partial charge in [0.25, 0.3) is 0 Å². The monoisotopic (exact) mass is 822 g/mol. The number of imidazole rings is 4. The molecule has 0 fully saturated rings. The highest BCUT2D eigenvalue weighted by Crippen LogP contribution is 2.39. The van der Waals surface area contributed by atoms with Crippen molar-refractivity contribution in [1.82, 2.24) is 27.9 Å². The Morgan fingerprint density at radius 1 is 0.302 bits per heavy atom. The Labute approximate surface area is 364 Å². The number of benzene rings is 9. The van der Waals surface area contributed by atoms with Gasteiger partial charge in [-0.15, -0.1) is 11.3 Å². The molecule has 0 unspecified atom stereocenters. The van der Waals surface area contributed by atoms with Crippen molar-refractivity contribution < 1.29 is 0 Å². The predicted molar refractivity (Wildman–Crippen MR) is 262 cm³/mol. The minimum atomic E-state index is 0.886. The van der Waals surface area contributed by atoms with Gasteiger partial charge in [-0.25, -0.2) is 9.97 Å². The number of hydrogen-bond donors (Lipinski definition) is 0. The van der Waals surface area contributed by atoms with Crippen molar-refractivity contribution in [2.45, 2.75) is 0 Å². The fourth-order valence-corrected chi connectivity index (χ4v) is 10.9. The van der Waals surface area contributed by atoms with Crippen LogP contribution in [0.2, 0.25) is 0 Å². The van der Waals surface area contributed by atoms with Crippen molar-refractivity contribution in [2.24, 2.45) is 0 Å². The third kappa shape index (κ3) is 5.11. The van der Waals surface area contributed by atoms with E-state index in [4.69, 9.17) is 9.97 Å². The standard InChI is InChI=1S/C56H34N6S/c1-2-11-35(12-3-1)37-13-10-14-38(31-37)36-21-25-41(26-22-36)59-49-28-23-39(32-51(49)61-47-18-7-5-16-45(47)57-55(59)61)40-24-29-50-52(33-40)62-48-19-8-6-17-46(48)58-56(62)60(50)42-27-30-54-44(34-42)43-15-4-9-20-53(43)63-54/h1-34H. The molecule has 5 aromatic heterocycles. The summed E-state index contributed by atoms with van der Waals surface area (Å²) in [6.07, 6.45) is 0. The summed E-state index contributed by atoms with van der Waals surface area (Å²) in [6, 6.07) is 74.3. The molecule has 0 atom stereocenters. The molecule has 63 heavy (non-hydrogen) atoms. The Hall–Kier alpha value is -8.26. The number of rotatable bonds is 5. The SMILES string of the molecule is c1ccc(-c2cccc(-c3ccc(-n4c5ccc(-c6ccc7c(c6)n6c8ccccc8nc6n7-c6ccc7sc8ccccc8c7c6)cc5n5c6ccccc6nc45)cc3)c2)cc1. The molecular formula is C56H34N6S. The van der Waals surface area contributed by atoms with E-state index >= 15 is 0 Å². The molecule has 0 saturated carbocycles. The first-order valence-electron chi connectivity index (χ1n) is 21.2. The fourth-order valence-electron chi connectivity index (χ4n) is 9.83. The third-order valence-electron chi connectivity index (χ3n) is 12.8. The number of nitrogens with zero attached hydrogens (tertiary/aromatic N) is 6. The lowest BCUT2D eigenvalue weighted by Gasteiger charge is -2.10. The Kier molecular flexibility index (Phi) is 7.17. The summed E-state index contributed by atoms with van der Waals surface area (Å²) in [5, 5.41) is 2.55. The smallest absolute Gasteiger partial charge is 0.220 e. The quantitative estimate of drug-likeness (QED) is 0.174. The molecule has 0 amide bonds. The van der Waals surface area contributed by atoms with Crippen LogP contribution < -0.4 is 0 Å². The zero-order valence-corrected chi connectivity index (χ0v) is 34.5. The lowest BCUT2D eigenvalue weighted by Crippen LogP contribution is -1.95. The van der Waals surface area contributed by atoms with Crippen LogP contribution in [0.4, 0.5) is 0 Å². The number of aromatic nitrogens is 6. The third-order valence-corrected chi connectivity index (χ3v) is 13.9. The van der Waals surface area contributed by atoms with Crippen LogP contribution >= 0.6 is 11.3 Å². The molecule has 0 N–H and O–H groups in total. The lowest BCUT2D eigenvalue weighted by atomic mass is 9.99. The van der Waals surface area contributed by atoms with E-state index in [1.54, 1.807) is 0 Å². The molecule has 9 aromatic carbocycles. The molecule has 0 bridgehead atoms. The molecule has 0 aliphatic rings. The van der Waals surface area contributed by atoms with Gasteiger partial charge in [0.1, 0.15) is 0 Å². The molecule has 294 valence electrons. The highest BCUT2D eigenvalue weighted by molar-refractivity contribution is 7.25. The molecule has 5 heterocycles. The average molecular weight is 823 g/mol. The zero-order chi connectivity index (χ0) is 41.2. The predicted octanol–water partition coefficient (Wildman–Crippen LogP) is 14.5. The van der Waals surface area contributed by atoms with Crippen molar-refractivity contribution in [1.29, 1.82) is 0 Å². The van der Waals surface area contributed by atoms with E-state index in [1.165, 1.54) is 42.4 Å². The normalized spacial score (nSPS) is 12.1. The maximum absolute atomic E-state index is 5.25. The van der Waals surface area contributed by atoms with Crippen LogP contribution in [0.3, 0.4) is 0 Å². The highest BCUT2D eigenvalue weighted by atomic mass is 32.1. The molecule has 7 heteroatoms. The first kappa shape index (κ1) is 34.5. The Bertz CT molecular complexity index is 4140. The first-order valence-corrected chi connectivity index (χ1v) is 22.1. The van der Waals surface area contributed by atoms with Crippen molar-refractivity contribution in [2.75, 3.05) is 0 Å². The molecule has 14 rings (SSSR count). The summed E-state index contributed by atoms with van der Waals surface area (Å²) in [7, 11) is 0. The van der Waals surface area contributed by atoms with E-state index < -0.39 is 0 Å². The minimum absolute atomic E-state index is 0.886. The second-order valence-electron chi connectivity index (χ2n) is 16.3. The molecule has 0 spiro atoms. The van der Waals surface area contributed by atoms with Gasteiger partial charge in [-0.3, -0.25) is 17.9 Å². The van der Waals surface area contributed by atoms with Crippen LogP contribution in [0, 0.1) is 0 Å².